The van der Waals surface area contributed by atoms with E-state index in [2.05, 4.69) is 57.7 Å². The predicted molar refractivity (Wildman–Crippen MR) is 111 cm³/mol. The number of piperidine rings is 1. The summed E-state index contributed by atoms with van der Waals surface area (Å²) in [5.74, 6) is 0.423. The molecule has 3 unspecified atom stereocenters. The molecule has 1 heterocycles. The maximum Gasteiger partial charge on any atom is 0.115 e. The number of phenols is 1. The normalized spacial score (nSPS) is 30.7. The van der Waals surface area contributed by atoms with Gasteiger partial charge in [0.25, 0.3) is 0 Å². The van der Waals surface area contributed by atoms with Crippen LogP contribution in [0.1, 0.15) is 77.8 Å². The van der Waals surface area contributed by atoms with E-state index in [-0.39, 0.29) is 10.8 Å². The van der Waals surface area contributed by atoms with E-state index in [4.69, 9.17) is 0 Å². The van der Waals surface area contributed by atoms with Gasteiger partial charge in [-0.25, -0.2) is 0 Å². The van der Waals surface area contributed by atoms with E-state index in [0.29, 0.717) is 11.8 Å². The largest absolute Gasteiger partial charge is 0.508 e. The molecule has 2 heteroatoms. The number of rotatable bonds is 6. The average molecular weight is 356 g/mol. The molecule has 1 aromatic rings. The van der Waals surface area contributed by atoms with Crippen molar-refractivity contribution in [2.24, 2.45) is 5.41 Å². The van der Waals surface area contributed by atoms with E-state index in [1.54, 1.807) is 0 Å². The molecule has 0 amide bonds. The van der Waals surface area contributed by atoms with Crippen molar-refractivity contribution in [1.82, 2.24) is 4.90 Å². The van der Waals surface area contributed by atoms with Gasteiger partial charge in [-0.05, 0) is 68.3 Å². The van der Waals surface area contributed by atoms with Crippen molar-refractivity contribution >= 4 is 0 Å². The van der Waals surface area contributed by atoms with Gasteiger partial charge in [-0.1, -0.05) is 57.7 Å². The van der Waals surface area contributed by atoms with Crippen molar-refractivity contribution in [2.45, 2.75) is 84.6 Å². The molecule has 0 spiro atoms. The van der Waals surface area contributed by atoms with Crippen LogP contribution in [0.2, 0.25) is 0 Å². The molecule has 0 saturated carbocycles. The molecular formula is C24H37NO. The summed E-state index contributed by atoms with van der Waals surface area (Å²) >= 11 is 0. The van der Waals surface area contributed by atoms with Crippen LogP contribution >= 0.6 is 0 Å². The fourth-order valence-electron chi connectivity index (χ4n) is 5.54. The van der Waals surface area contributed by atoms with E-state index >= 15 is 0 Å². The molecular weight excluding hydrogens is 318 g/mol. The van der Waals surface area contributed by atoms with Crippen LogP contribution in [0.15, 0.2) is 29.8 Å². The molecule has 144 valence electrons. The molecule has 0 aromatic heterocycles. The van der Waals surface area contributed by atoms with E-state index < -0.39 is 0 Å². The number of phenolic OH excluding ortho intramolecular Hbond substituents is 1. The first-order chi connectivity index (χ1) is 12.3. The zero-order valence-electron chi connectivity index (χ0n) is 17.4. The highest BCUT2D eigenvalue weighted by molar-refractivity contribution is 5.46. The Bertz CT molecular complexity index is 675. The first-order valence-corrected chi connectivity index (χ1v) is 10.5. The molecule has 2 bridgehead atoms. The topological polar surface area (TPSA) is 23.5 Å². The van der Waals surface area contributed by atoms with Crippen molar-refractivity contribution < 1.29 is 5.11 Å². The highest BCUT2D eigenvalue weighted by atomic mass is 16.3. The summed E-state index contributed by atoms with van der Waals surface area (Å²) in [6.45, 7) is 13.9. The van der Waals surface area contributed by atoms with Crippen LogP contribution in [-0.2, 0) is 11.8 Å². The number of benzene rings is 1. The predicted octanol–water partition coefficient (Wildman–Crippen LogP) is 5.83. The van der Waals surface area contributed by atoms with Gasteiger partial charge in [0, 0.05) is 18.0 Å². The SMILES string of the molecule is CCCCCC1(C)C2Cc3ccc(O)cc3C1(C)CCN2CC=C(C)C. The molecule has 1 aliphatic carbocycles. The molecule has 26 heavy (non-hydrogen) atoms. The number of unbranched alkanes of at least 4 members (excludes halogenated alkanes) is 2. The number of fused-ring (bicyclic) bond motifs is 4. The Hall–Kier alpha value is -1.28. The maximum atomic E-state index is 10.2. The van der Waals surface area contributed by atoms with Crippen LogP contribution < -0.4 is 0 Å². The summed E-state index contributed by atoms with van der Waals surface area (Å²) < 4.78 is 0. The first-order valence-electron chi connectivity index (χ1n) is 10.5. The van der Waals surface area contributed by atoms with Crippen molar-refractivity contribution in [3.8, 4) is 5.75 Å². The average Bonchev–Trinajstić information content (AvgIpc) is 2.58. The molecule has 3 atom stereocenters. The standard InChI is InChI=1S/C24H37NO/c1-6-7-8-12-24(5)22-16-19-9-10-20(26)17-21(19)23(24,4)13-15-25(22)14-11-18(2)3/h9-11,17,22,26H,6-8,12-16H2,1-5H3. The lowest BCUT2D eigenvalue weighted by Gasteiger charge is -2.62. The van der Waals surface area contributed by atoms with Crippen molar-refractivity contribution in [2.75, 3.05) is 13.1 Å². The molecule has 1 saturated heterocycles. The Morgan fingerprint density at radius 3 is 2.73 bits per heavy atom. The monoisotopic (exact) mass is 355 g/mol. The van der Waals surface area contributed by atoms with Gasteiger partial charge in [-0.3, -0.25) is 4.90 Å². The molecule has 1 aliphatic heterocycles. The van der Waals surface area contributed by atoms with Crippen LogP contribution in [0, 0.1) is 5.41 Å². The summed E-state index contributed by atoms with van der Waals surface area (Å²) in [7, 11) is 0. The smallest absolute Gasteiger partial charge is 0.115 e. The van der Waals surface area contributed by atoms with Crippen molar-refractivity contribution in [1.29, 1.82) is 0 Å². The molecule has 0 radical (unpaired) electrons. The highest BCUT2D eigenvalue weighted by Crippen LogP contribution is 2.58. The molecule has 3 rings (SSSR count). The van der Waals surface area contributed by atoms with Crippen LogP contribution in [0.3, 0.4) is 0 Å². The summed E-state index contributed by atoms with van der Waals surface area (Å²) in [6, 6.07) is 6.70. The Labute approximate surface area is 160 Å². The number of allylic oxidation sites excluding steroid dienone is 1. The van der Waals surface area contributed by atoms with E-state index in [0.717, 1.165) is 19.5 Å². The lowest BCUT2D eigenvalue weighted by atomic mass is 9.48. The third-order valence-electron chi connectivity index (χ3n) is 7.47. The second kappa shape index (κ2) is 7.38. The zero-order valence-corrected chi connectivity index (χ0v) is 17.4. The van der Waals surface area contributed by atoms with E-state index in [1.165, 1.54) is 48.8 Å². The van der Waals surface area contributed by atoms with Gasteiger partial charge in [0.05, 0.1) is 0 Å². The third kappa shape index (κ3) is 3.22. The zero-order chi connectivity index (χ0) is 18.9. The summed E-state index contributed by atoms with van der Waals surface area (Å²) in [5, 5.41) is 10.2. The maximum absolute atomic E-state index is 10.2. The lowest BCUT2D eigenvalue weighted by molar-refractivity contribution is -0.0520. The van der Waals surface area contributed by atoms with Crippen LogP contribution in [0.5, 0.6) is 5.75 Å². The van der Waals surface area contributed by atoms with Gasteiger partial charge in [-0.2, -0.15) is 0 Å². The fraction of sp³-hybridized carbons (Fsp3) is 0.667. The van der Waals surface area contributed by atoms with E-state index in [9.17, 15) is 5.11 Å². The Morgan fingerprint density at radius 1 is 1.27 bits per heavy atom. The number of hydrogen-bond acceptors (Lipinski definition) is 2. The number of aromatic hydroxyl groups is 1. The number of hydrogen-bond donors (Lipinski definition) is 1. The quantitative estimate of drug-likeness (QED) is 0.512. The van der Waals surface area contributed by atoms with Crippen LogP contribution in [0.4, 0.5) is 0 Å². The minimum absolute atomic E-state index is 0.152. The number of likely N-dealkylation sites (tertiary alicyclic amines) is 1. The van der Waals surface area contributed by atoms with Gasteiger partial charge >= 0.3 is 0 Å². The Morgan fingerprint density at radius 2 is 2.04 bits per heavy atom. The molecule has 2 nitrogen and oxygen atoms in total. The molecule has 2 aliphatic rings. The highest BCUT2D eigenvalue weighted by Gasteiger charge is 2.57. The minimum atomic E-state index is 0.152. The van der Waals surface area contributed by atoms with Gasteiger partial charge in [0.2, 0.25) is 0 Å². The number of nitrogens with zero attached hydrogens (tertiary/aromatic N) is 1. The van der Waals surface area contributed by atoms with Crippen LogP contribution in [-0.4, -0.2) is 29.1 Å². The second-order valence-corrected chi connectivity index (χ2v) is 9.29. The summed E-state index contributed by atoms with van der Waals surface area (Å²) in [4.78, 5) is 2.73. The van der Waals surface area contributed by atoms with Gasteiger partial charge in [0.15, 0.2) is 0 Å². The molecule has 1 aromatic carbocycles. The van der Waals surface area contributed by atoms with Gasteiger partial charge < -0.3 is 5.11 Å². The Balaban J connectivity index is 2.02. The van der Waals surface area contributed by atoms with Gasteiger partial charge in [0.1, 0.15) is 5.75 Å². The molecule has 1 N–H and O–H groups in total. The van der Waals surface area contributed by atoms with Gasteiger partial charge in [-0.15, -0.1) is 0 Å². The van der Waals surface area contributed by atoms with Crippen molar-refractivity contribution in [3.05, 3.63) is 41.0 Å². The lowest BCUT2D eigenvalue weighted by Crippen LogP contribution is -2.64. The summed E-state index contributed by atoms with van der Waals surface area (Å²) in [5.41, 5.74) is 4.68. The fourth-order valence-corrected chi connectivity index (χ4v) is 5.54. The van der Waals surface area contributed by atoms with Crippen LogP contribution in [0.25, 0.3) is 0 Å². The minimum Gasteiger partial charge on any atom is -0.508 e. The third-order valence-corrected chi connectivity index (χ3v) is 7.47. The molecule has 1 fully saturated rings. The van der Waals surface area contributed by atoms with E-state index in [1.807, 2.05) is 6.07 Å². The first kappa shape index (κ1) is 19.5. The van der Waals surface area contributed by atoms with Crippen molar-refractivity contribution in [3.63, 3.8) is 0 Å². The second-order valence-electron chi connectivity index (χ2n) is 9.29. The summed E-state index contributed by atoms with van der Waals surface area (Å²) in [6.07, 6.45) is 9.87. The Kier molecular flexibility index (Phi) is 5.53.